The van der Waals surface area contributed by atoms with Gasteiger partial charge in [-0.3, -0.25) is 5.32 Å². The number of nitriles is 1. The number of nitrogens with zero attached hydrogens (tertiary/aromatic N) is 3. The van der Waals surface area contributed by atoms with Crippen LogP contribution in [0.25, 0.3) is 0 Å². The van der Waals surface area contributed by atoms with E-state index < -0.39 is 6.09 Å². The molecule has 0 atom stereocenters. The van der Waals surface area contributed by atoms with E-state index in [-0.39, 0.29) is 0 Å². The molecular formula is C13H16N4O2. The van der Waals surface area contributed by atoms with Gasteiger partial charge in [-0.15, -0.1) is 0 Å². The summed E-state index contributed by atoms with van der Waals surface area (Å²) in [5, 5.41) is 11.6. The van der Waals surface area contributed by atoms with Gasteiger partial charge < -0.3 is 9.64 Å². The summed E-state index contributed by atoms with van der Waals surface area (Å²) in [7, 11) is 3.68. The summed E-state index contributed by atoms with van der Waals surface area (Å²) in [5.41, 5.74) is 1.43. The number of nitrogens with one attached hydrogen (secondary N) is 1. The van der Waals surface area contributed by atoms with Crippen LogP contribution in [0.5, 0.6) is 0 Å². The molecule has 0 aliphatic carbocycles. The summed E-state index contributed by atoms with van der Waals surface area (Å²) in [5.74, 6) is 0. The normalized spacial score (nSPS) is 10.0. The van der Waals surface area contributed by atoms with Crippen LogP contribution >= 0.6 is 0 Å². The zero-order valence-electron chi connectivity index (χ0n) is 11.2. The predicted molar refractivity (Wildman–Crippen MR) is 73.6 cm³/mol. The second kappa shape index (κ2) is 7.01. The summed E-state index contributed by atoms with van der Waals surface area (Å²) in [6, 6.07) is 6.93. The van der Waals surface area contributed by atoms with Gasteiger partial charge in [-0.2, -0.15) is 5.26 Å². The number of benzene rings is 1. The Morgan fingerprint density at radius 2 is 2.32 bits per heavy atom. The van der Waals surface area contributed by atoms with Gasteiger partial charge in [0.1, 0.15) is 6.07 Å². The minimum atomic E-state index is -0.545. The van der Waals surface area contributed by atoms with Crippen molar-refractivity contribution in [1.82, 2.24) is 4.90 Å². The number of hydrogen-bond acceptors (Lipinski definition) is 4. The molecule has 0 saturated carbocycles. The van der Waals surface area contributed by atoms with Crippen molar-refractivity contribution in [3.8, 4) is 6.07 Å². The third-order valence-electron chi connectivity index (χ3n) is 2.07. The lowest BCUT2D eigenvalue weighted by molar-refractivity contribution is 0.168. The lowest BCUT2D eigenvalue weighted by Gasteiger charge is -2.07. The van der Waals surface area contributed by atoms with Crippen molar-refractivity contribution >= 4 is 23.8 Å². The lowest BCUT2D eigenvalue weighted by Crippen LogP contribution is -2.13. The average molecular weight is 260 g/mol. The fraction of sp³-hybridized carbons (Fsp3) is 0.308. The van der Waals surface area contributed by atoms with Gasteiger partial charge in [0.05, 0.1) is 24.2 Å². The summed E-state index contributed by atoms with van der Waals surface area (Å²) in [4.78, 5) is 17.2. The van der Waals surface area contributed by atoms with Crippen LogP contribution in [0, 0.1) is 11.3 Å². The summed E-state index contributed by atoms with van der Waals surface area (Å²) in [6.45, 7) is 2.02. The highest BCUT2D eigenvalue weighted by Crippen LogP contribution is 2.22. The molecule has 0 bridgehead atoms. The molecule has 100 valence electrons. The van der Waals surface area contributed by atoms with Gasteiger partial charge in [0.2, 0.25) is 0 Å². The second-order valence-corrected chi connectivity index (χ2v) is 3.90. The number of carbonyl (C=O) groups is 1. The fourth-order valence-corrected chi connectivity index (χ4v) is 1.28. The maximum atomic E-state index is 11.3. The Balaban J connectivity index is 2.90. The largest absolute Gasteiger partial charge is 0.450 e. The van der Waals surface area contributed by atoms with Crippen LogP contribution in [-0.4, -0.2) is 38.0 Å². The SMILES string of the molecule is CCOC(=O)Nc1ccc(N=CN(C)C)c(C#N)c1. The van der Waals surface area contributed by atoms with Crippen LogP contribution in [0.3, 0.4) is 0 Å². The molecule has 1 N–H and O–H groups in total. The number of rotatable bonds is 4. The summed E-state index contributed by atoms with van der Waals surface area (Å²) >= 11 is 0. The fourth-order valence-electron chi connectivity index (χ4n) is 1.28. The van der Waals surface area contributed by atoms with Gasteiger partial charge in [0.25, 0.3) is 0 Å². The molecule has 0 spiro atoms. The molecule has 0 aliphatic rings. The van der Waals surface area contributed by atoms with E-state index in [4.69, 9.17) is 10.00 Å². The second-order valence-electron chi connectivity index (χ2n) is 3.90. The van der Waals surface area contributed by atoms with Gasteiger partial charge in [0, 0.05) is 19.8 Å². The van der Waals surface area contributed by atoms with Gasteiger partial charge in [-0.05, 0) is 25.1 Å². The molecule has 19 heavy (non-hydrogen) atoms. The van der Waals surface area contributed by atoms with Crippen molar-refractivity contribution in [1.29, 1.82) is 5.26 Å². The molecule has 0 heterocycles. The monoisotopic (exact) mass is 260 g/mol. The van der Waals surface area contributed by atoms with Gasteiger partial charge >= 0.3 is 6.09 Å². The topological polar surface area (TPSA) is 77.7 Å². The third kappa shape index (κ3) is 4.68. The van der Waals surface area contributed by atoms with Crippen LogP contribution in [-0.2, 0) is 4.74 Å². The van der Waals surface area contributed by atoms with Crippen LogP contribution in [0.15, 0.2) is 23.2 Å². The van der Waals surface area contributed by atoms with Crippen molar-refractivity contribution in [3.63, 3.8) is 0 Å². The van der Waals surface area contributed by atoms with E-state index in [1.165, 1.54) is 0 Å². The number of hydrogen-bond donors (Lipinski definition) is 1. The minimum Gasteiger partial charge on any atom is -0.450 e. The molecule has 6 heteroatoms. The number of amides is 1. The van der Waals surface area contributed by atoms with Crippen molar-refractivity contribution < 1.29 is 9.53 Å². The maximum absolute atomic E-state index is 11.3. The Morgan fingerprint density at radius 1 is 1.58 bits per heavy atom. The first-order valence-electron chi connectivity index (χ1n) is 5.75. The minimum absolute atomic E-state index is 0.294. The summed E-state index contributed by atoms with van der Waals surface area (Å²) < 4.78 is 4.76. The van der Waals surface area contributed by atoms with Gasteiger partial charge in [-0.25, -0.2) is 9.79 Å². The lowest BCUT2D eigenvalue weighted by atomic mass is 10.2. The average Bonchev–Trinajstić information content (AvgIpc) is 2.37. The van der Waals surface area contributed by atoms with Crippen molar-refractivity contribution in [2.24, 2.45) is 4.99 Å². The Kier molecular flexibility index (Phi) is 5.35. The predicted octanol–water partition coefficient (Wildman–Crippen LogP) is 2.35. The number of carbonyl (C=O) groups excluding carboxylic acids is 1. The van der Waals surface area contributed by atoms with E-state index >= 15 is 0 Å². The Morgan fingerprint density at radius 3 is 2.89 bits per heavy atom. The van der Waals surface area contributed by atoms with Crippen LogP contribution in [0.1, 0.15) is 12.5 Å². The Hall–Kier alpha value is -2.55. The Labute approximate surface area is 112 Å². The van der Waals surface area contributed by atoms with E-state index in [9.17, 15) is 4.79 Å². The van der Waals surface area contributed by atoms with Crippen LogP contribution in [0.4, 0.5) is 16.2 Å². The Bertz CT molecular complexity index is 518. The quantitative estimate of drug-likeness (QED) is 0.665. The number of aliphatic imine (C=N–C) groups is 1. The zero-order chi connectivity index (χ0) is 14.3. The van der Waals surface area contributed by atoms with E-state index in [2.05, 4.69) is 10.3 Å². The first kappa shape index (κ1) is 14.5. The van der Waals surface area contributed by atoms with E-state index in [1.54, 1.807) is 36.4 Å². The van der Waals surface area contributed by atoms with E-state index in [0.717, 1.165) is 0 Å². The first-order chi connectivity index (χ1) is 9.06. The molecule has 1 aromatic rings. The van der Waals surface area contributed by atoms with Crippen LogP contribution < -0.4 is 5.32 Å². The van der Waals surface area contributed by atoms with Crippen LogP contribution in [0.2, 0.25) is 0 Å². The molecule has 1 amide bonds. The number of anilines is 1. The molecule has 1 rings (SSSR count). The zero-order valence-corrected chi connectivity index (χ0v) is 11.2. The standard InChI is InChI=1S/C13H16N4O2/c1-4-19-13(18)16-11-5-6-12(10(7-11)8-14)15-9-17(2)3/h5-7,9H,4H2,1-3H3,(H,16,18). The molecule has 0 aromatic heterocycles. The first-order valence-corrected chi connectivity index (χ1v) is 5.75. The smallest absolute Gasteiger partial charge is 0.411 e. The number of ether oxygens (including phenoxy) is 1. The third-order valence-corrected chi connectivity index (χ3v) is 2.07. The van der Waals surface area contributed by atoms with Gasteiger partial charge in [-0.1, -0.05) is 0 Å². The molecule has 0 aliphatic heterocycles. The molecular weight excluding hydrogens is 244 g/mol. The van der Waals surface area contributed by atoms with Crippen molar-refractivity contribution in [3.05, 3.63) is 23.8 Å². The molecule has 0 fully saturated rings. The molecule has 0 saturated heterocycles. The van der Waals surface area contributed by atoms with Crippen molar-refractivity contribution in [2.75, 3.05) is 26.0 Å². The molecule has 0 unspecified atom stereocenters. The highest BCUT2D eigenvalue weighted by molar-refractivity contribution is 5.85. The highest BCUT2D eigenvalue weighted by atomic mass is 16.5. The molecule has 0 radical (unpaired) electrons. The summed E-state index contributed by atoms with van der Waals surface area (Å²) in [6.07, 6.45) is 1.06. The molecule has 6 nitrogen and oxygen atoms in total. The van der Waals surface area contributed by atoms with E-state index in [0.29, 0.717) is 23.5 Å². The maximum Gasteiger partial charge on any atom is 0.411 e. The van der Waals surface area contributed by atoms with Crippen molar-refractivity contribution in [2.45, 2.75) is 6.92 Å². The molecule has 1 aromatic carbocycles. The van der Waals surface area contributed by atoms with E-state index in [1.807, 2.05) is 20.2 Å². The highest BCUT2D eigenvalue weighted by Gasteiger charge is 2.06. The van der Waals surface area contributed by atoms with Gasteiger partial charge in [0.15, 0.2) is 0 Å².